The Balaban J connectivity index is 1.61. The maximum absolute atomic E-state index is 13.1. The summed E-state index contributed by atoms with van der Waals surface area (Å²) in [6.07, 6.45) is 1.29. The summed E-state index contributed by atoms with van der Waals surface area (Å²) in [5.41, 5.74) is 2.94. The van der Waals surface area contributed by atoms with Crippen molar-refractivity contribution in [3.05, 3.63) is 59.9 Å². The van der Waals surface area contributed by atoms with E-state index in [1.807, 2.05) is 23.1 Å². The summed E-state index contributed by atoms with van der Waals surface area (Å²) in [4.78, 5) is 14.4. The quantitative estimate of drug-likeness (QED) is 0.935. The first kappa shape index (κ1) is 14.6. The molecule has 4 heteroatoms. The number of nitrogens with one attached hydrogen (secondary N) is 1. The Labute approximate surface area is 129 Å². The van der Waals surface area contributed by atoms with Gasteiger partial charge < -0.3 is 10.2 Å². The molecule has 0 radical (unpaired) electrons. The first-order valence-corrected chi connectivity index (χ1v) is 7.54. The predicted molar refractivity (Wildman–Crippen MR) is 86.6 cm³/mol. The average molecular weight is 298 g/mol. The topological polar surface area (TPSA) is 32.3 Å². The van der Waals surface area contributed by atoms with Crippen molar-refractivity contribution < 1.29 is 9.18 Å². The van der Waals surface area contributed by atoms with Crippen molar-refractivity contribution in [3.63, 3.8) is 0 Å². The van der Waals surface area contributed by atoms with Crippen molar-refractivity contribution in [1.29, 1.82) is 0 Å². The van der Waals surface area contributed by atoms with Crippen LogP contribution in [0.1, 0.15) is 18.9 Å². The summed E-state index contributed by atoms with van der Waals surface area (Å²) >= 11 is 0. The number of rotatable bonds is 4. The molecule has 1 heterocycles. The Morgan fingerprint density at radius 3 is 2.91 bits per heavy atom. The molecule has 114 valence electrons. The normalized spacial score (nSPS) is 16.5. The van der Waals surface area contributed by atoms with Crippen LogP contribution >= 0.6 is 0 Å². The number of hydrogen-bond donors (Lipinski definition) is 1. The van der Waals surface area contributed by atoms with Crippen LogP contribution in [0.4, 0.5) is 15.8 Å². The number of fused-ring (bicyclic) bond motifs is 1. The van der Waals surface area contributed by atoms with Gasteiger partial charge in [0, 0.05) is 30.4 Å². The standard InChI is InChI=1S/C18H19FN2O/c1-13-11-14-5-2-3-8-17(14)21(13)18(22)9-10-20-16-7-4-6-15(19)12-16/h2-8,12-13,20H,9-11H2,1H3. The largest absolute Gasteiger partial charge is 0.384 e. The third-order valence-corrected chi connectivity index (χ3v) is 3.97. The highest BCUT2D eigenvalue weighted by atomic mass is 19.1. The van der Waals surface area contributed by atoms with Crippen molar-refractivity contribution in [3.8, 4) is 0 Å². The van der Waals surface area contributed by atoms with Gasteiger partial charge in [-0.05, 0) is 43.2 Å². The SMILES string of the molecule is CC1Cc2ccccc2N1C(=O)CCNc1cccc(F)c1. The van der Waals surface area contributed by atoms with E-state index in [2.05, 4.69) is 18.3 Å². The lowest BCUT2D eigenvalue weighted by atomic mass is 10.1. The molecule has 1 amide bonds. The second-order valence-electron chi connectivity index (χ2n) is 5.63. The molecule has 1 aliphatic heterocycles. The minimum Gasteiger partial charge on any atom is -0.384 e. The molecule has 2 aromatic rings. The molecule has 0 aromatic heterocycles. The Bertz CT molecular complexity index is 686. The van der Waals surface area contributed by atoms with Gasteiger partial charge in [0.05, 0.1) is 0 Å². The minimum atomic E-state index is -0.279. The van der Waals surface area contributed by atoms with Gasteiger partial charge in [-0.2, -0.15) is 0 Å². The van der Waals surface area contributed by atoms with E-state index in [4.69, 9.17) is 0 Å². The number of hydrogen-bond acceptors (Lipinski definition) is 2. The molecule has 3 rings (SSSR count). The number of anilines is 2. The van der Waals surface area contributed by atoms with Crippen molar-refractivity contribution in [2.45, 2.75) is 25.8 Å². The lowest BCUT2D eigenvalue weighted by Crippen LogP contribution is -2.36. The van der Waals surface area contributed by atoms with E-state index in [0.29, 0.717) is 18.7 Å². The summed E-state index contributed by atoms with van der Waals surface area (Å²) in [6, 6.07) is 14.5. The van der Waals surface area contributed by atoms with Crippen molar-refractivity contribution in [1.82, 2.24) is 0 Å². The fourth-order valence-corrected chi connectivity index (χ4v) is 2.98. The van der Waals surface area contributed by atoms with Crippen molar-refractivity contribution in [2.24, 2.45) is 0 Å². The van der Waals surface area contributed by atoms with Crippen molar-refractivity contribution >= 4 is 17.3 Å². The molecule has 0 bridgehead atoms. The summed E-state index contributed by atoms with van der Waals surface area (Å²) in [6.45, 7) is 2.56. The van der Waals surface area contributed by atoms with Crippen LogP contribution in [0.3, 0.4) is 0 Å². The van der Waals surface area contributed by atoms with E-state index in [1.54, 1.807) is 12.1 Å². The summed E-state index contributed by atoms with van der Waals surface area (Å²) in [5.74, 6) is -0.181. The van der Waals surface area contributed by atoms with Crippen LogP contribution in [0.25, 0.3) is 0 Å². The van der Waals surface area contributed by atoms with Gasteiger partial charge >= 0.3 is 0 Å². The van der Waals surface area contributed by atoms with Crippen LogP contribution in [0.5, 0.6) is 0 Å². The molecule has 1 N–H and O–H groups in total. The molecule has 22 heavy (non-hydrogen) atoms. The monoisotopic (exact) mass is 298 g/mol. The average Bonchev–Trinajstić information content (AvgIpc) is 2.83. The molecule has 1 unspecified atom stereocenters. The predicted octanol–water partition coefficient (Wildman–Crippen LogP) is 3.61. The zero-order chi connectivity index (χ0) is 15.5. The molecule has 0 fully saturated rings. The number of carbonyl (C=O) groups is 1. The van der Waals surface area contributed by atoms with Crippen LogP contribution < -0.4 is 10.2 Å². The number of carbonyl (C=O) groups excluding carboxylic acids is 1. The summed E-state index contributed by atoms with van der Waals surface area (Å²) in [7, 11) is 0. The van der Waals surface area contributed by atoms with E-state index in [9.17, 15) is 9.18 Å². The number of nitrogens with zero attached hydrogens (tertiary/aromatic N) is 1. The third kappa shape index (κ3) is 2.96. The fraction of sp³-hybridized carbons (Fsp3) is 0.278. The van der Waals surface area contributed by atoms with Crippen molar-refractivity contribution in [2.75, 3.05) is 16.8 Å². The lowest BCUT2D eigenvalue weighted by Gasteiger charge is -2.23. The maximum Gasteiger partial charge on any atom is 0.229 e. The van der Waals surface area contributed by atoms with E-state index in [1.165, 1.54) is 17.7 Å². The Hall–Kier alpha value is -2.36. The number of benzene rings is 2. The van der Waals surface area contributed by atoms with E-state index in [0.717, 1.165) is 12.1 Å². The second-order valence-corrected chi connectivity index (χ2v) is 5.63. The maximum atomic E-state index is 13.1. The molecule has 2 aromatic carbocycles. The molecule has 1 atom stereocenters. The van der Waals surface area contributed by atoms with Crippen LogP contribution in [0.2, 0.25) is 0 Å². The minimum absolute atomic E-state index is 0.0985. The lowest BCUT2D eigenvalue weighted by molar-refractivity contribution is -0.118. The third-order valence-electron chi connectivity index (χ3n) is 3.97. The molecule has 0 saturated heterocycles. The van der Waals surface area contributed by atoms with Gasteiger partial charge in [0.25, 0.3) is 0 Å². The zero-order valence-electron chi connectivity index (χ0n) is 12.6. The van der Waals surface area contributed by atoms with Crippen LogP contribution in [-0.2, 0) is 11.2 Å². The first-order valence-electron chi connectivity index (χ1n) is 7.54. The smallest absolute Gasteiger partial charge is 0.229 e. The van der Waals surface area contributed by atoms with Gasteiger partial charge in [-0.3, -0.25) is 4.79 Å². The molecular weight excluding hydrogens is 279 g/mol. The molecule has 0 spiro atoms. The van der Waals surface area contributed by atoms with Gasteiger partial charge in [0.2, 0.25) is 5.91 Å². The van der Waals surface area contributed by atoms with Gasteiger partial charge in [-0.25, -0.2) is 4.39 Å². The van der Waals surface area contributed by atoms with Gasteiger partial charge in [-0.1, -0.05) is 24.3 Å². The number of halogens is 1. The second kappa shape index (κ2) is 6.18. The Kier molecular flexibility index (Phi) is 4.09. The molecule has 1 aliphatic rings. The van der Waals surface area contributed by atoms with Crippen LogP contribution in [-0.4, -0.2) is 18.5 Å². The van der Waals surface area contributed by atoms with Crippen LogP contribution in [0, 0.1) is 5.82 Å². The van der Waals surface area contributed by atoms with Gasteiger partial charge in [0.15, 0.2) is 0 Å². The zero-order valence-corrected chi connectivity index (χ0v) is 12.6. The Morgan fingerprint density at radius 2 is 2.09 bits per heavy atom. The van der Waals surface area contributed by atoms with Gasteiger partial charge in [0.1, 0.15) is 5.82 Å². The molecule has 0 aliphatic carbocycles. The Morgan fingerprint density at radius 1 is 1.27 bits per heavy atom. The van der Waals surface area contributed by atoms with E-state index in [-0.39, 0.29) is 17.8 Å². The molecule has 0 saturated carbocycles. The highest BCUT2D eigenvalue weighted by Gasteiger charge is 2.29. The summed E-state index contributed by atoms with van der Waals surface area (Å²) in [5, 5.41) is 3.09. The number of para-hydroxylation sites is 1. The molecule has 3 nitrogen and oxygen atoms in total. The highest BCUT2D eigenvalue weighted by molar-refractivity contribution is 5.96. The van der Waals surface area contributed by atoms with Gasteiger partial charge in [-0.15, -0.1) is 0 Å². The summed E-state index contributed by atoms with van der Waals surface area (Å²) < 4.78 is 13.1. The van der Waals surface area contributed by atoms with E-state index >= 15 is 0 Å². The first-order chi connectivity index (χ1) is 10.6. The molecular formula is C18H19FN2O. The highest BCUT2D eigenvalue weighted by Crippen LogP contribution is 2.32. The fourth-order valence-electron chi connectivity index (χ4n) is 2.98. The van der Waals surface area contributed by atoms with Crippen LogP contribution in [0.15, 0.2) is 48.5 Å². The van der Waals surface area contributed by atoms with E-state index < -0.39 is 0 Å². The number of amides is 1.